The molecule has 1 N–H and O–H groups in total. The molecule has 2 atom stereocenters. The predicted molar refractivity (Wildman–Crippen MR) is 62.6 cm³/mol. The van der Waals surface area contributed by atoms with Gasteiger partial charge in [0.15, 0.2) is 0 Å². The van der Waals surface area contributed by atoms with Crippen molar-refractivity contribution in [1.29, 1.82) is 0 Å². The summed E-state index contributed by atoms with van der Waals surface area (Å²) < 4.78 is 0. The van der Waals surface area contributed by atoms with Crippen molar-refractivity contribution < 1.29 is 0 Å². The van der Waals surface area contributed by atoms with E-state index in [1.807, 2.05) is 0 Å². The zero-order valence-electron chi connectivity index (χ0n) is 10.1. The first-order valence-corrected chi connectivity index (χ1v) is 6.25. The summed E-state index contributed by atoms with van der Waals surface area (Å²) in [6.07, 6.45) is 4.06. The standard InChI is InChI=1S/C12H26N2/c1-4-7-12-8-11(9-13-12)10-14(5-2)6-3/h11-13H,4-10H2,1-3H3. The van der Waals surface area contributed by atoms with Gasteiger partial charge in [-0.3, -0.25) is 0 Å². The van der Waals surface area contributed by atoms with Gasteiger partial charge in [0, 0.05) is 12.6 Å². The molecule has 0 aromatic heterocycles. The molecule has 1 heterocycles. The zero-order valence-corrected chi connectivity index (χ0v) is 10.1. The first-order valence-electron chi connectivity index (χ1n) is 6.25. The van der Waals surface area contributed by atoms with Crippen LogP contribution in [0, 0.1) is 5.92 Å². The molecule has 1 saturated heterocycles. The normalized spacial score (nSPS) is 27.4. The molecule has 2 unspecified atom stereocenters. The summed E-state index contributed by atoms with van der Waals surface area (Å²) in [6.45, 7) is 11.7. The van der Waals surface area contributed by atoms with E-state index in [0.717, 1.165) is 12.0 Å². The Labute approximate surface area is 89.1 Å². The smallest absolute Gasteiger partial charge is 0.00706 e. The van der Waals surface area contributed by atoms with Crippen LogP contribution in [0.5, 0.6) is 0 Å². The summed E-state index contributed by atoms with van der Waals surface area (Å²) in [5.74, 6) is 0.895. The van der Waals surface area contributed by atoms with Crippen LogP contribution in [0.1, 0.15) is 40.0 Å². The van der Waals surface area contributed by atoms with E-state index in [9.17, 15) is 0 Å². The molecular formula is C12H26N2. The maximum Gasteiger partial charge on any atom is 0.00706 e. The van der Waals surface area contributed by atoms with Gasteiger partial charge in [0.2, 0.25) is 0 Å². The first kappa shape index (κ1) is 12.0. The third-order valence-corrected chi connectivity index (χ3v) is 3.36. The quantitative estimate of drug-likeness (QED) is 0.703. The molecule has 84 valence electrons. The highest BCUT2D eigenvalue weighted by molar-refractivity contribution is 4.82. The Balaban J connectivity index is 2.21. The van der Waals surface area contributed by atoms with Crippen molar-refractivity contribution in [2.75, 3.05) is 26.2 Å². The molecule has 0 spiro atoms. The van der Waals surface area contributed by atoms with E-state index in [1.54, 1.807) is 0 Å². The number of nitrogens with one attached hydrogen (secondary N) is 1. The van der Waals surface area contributed by atoms with Crippen molar-refractivity contribution in [3.05, 3.63) is 0 Å². The summed E-state index contributed by atoms with van der Waals surface area (Å²) in [6, 6.07) is 0.806. The lowest BCUT2D eigenvalue weighted by Gasteiger charge is -2.21. The Morgan fingerprint density at radius 3 is 2.50 bits per heavy atom. The summed E-state index contributed by atoms with van der Waals surface area (Å²) in [4.78, 5) is 2.54. The van der Waals surface area contributed by atoms with Gasteiger partial charge in [0.1, 0.15) is 0 Å². The maximum atomic E-state index is 3.63. The first-order chi connectivity index (χ1) is 6.80. The summed E-state index contributed by atoms with van der Waals surface area (Å²) in [5.41, 5.74) is 0. The number of hydrogen-bond donors (Lipinski definition) is 1. The molecule has 0 bridgehead atoms. The highest BCUT2D eigenvalue weighted by Gasteiger charge is 2.24. The van der Waals surface area contributed by atoms with E-state index < -0.39 is 0 Å². The molecule has 14 heavy (non-hydrogen) atoms. The molecule has 1 fully saturated rings. The van der Waals surface area contributed by atoms with Crippen LogP contribution >= 0.6 is 0 Å². The van der Waals surface area contributed by atoms with Gasteiger partial charge in [-0.05, 0) is 38.4 Å². The van der Waals surface area contributed by atoms with Crippen LogP contribution < -0.4 is 5.32 Å². The molecule has 0 aliphatic carbocycles. The molecule has 1 rings (SSSR count). The third-order valence-electron chi connectivity index (χ3n) is 3.36. The van der Waals surface area contributed by atoms with Crippen molar-refractivity contribution >= 4 is 0 Å². The van der Waals surface area contributed by atoms with E-state index in [1.165, 1.54) is 45.4 Å². The number of rotatable bonds is 6. The molecule has 0 aromatic carbocycles. The van der Waals surface area contributed by atoms with E-state index in [4.69, 9.17) is 0 Å². The highest BCUT2D eigenvalue weighted by atomic mass is 15.1. The van der Waals surface area contributed by atoms with Crippen LogP contribution in [0.15, 0.2) is 0 Å². The van der Waals surface area contributed by atoms with Crippen molar-refractivity contribution in [3.8, 4) is 0 Å². The maximum absolute atomic E-state index is 3.63. The number of hydrogen-bond acceptors (Lipinski definition) is 2. The molecule has 2 nitrogen and oxygen atoms in total. The summed E-state index contributed by atoms with van der Waals surface area (Å²) >= 11 is 0. The van der Waals surface area contributed by atoms with Gasteiger partial charge in [0.25, 0.3) is 0 Å². The minimum Gasteiger partial charge on any atom is -0.314 e. The Morgan fingerprint density at radius 1 is 1.21 bits per heavy atom. The molecule has 1 aliphatic heterocycles. The fourth-order valence-electron chi connectivity index (χ4n) is 2.46. The second-order valence-corrected chi connectivity index (χ2v) is 4.48. The molecule has 2 heteroatoms. The van der Waals surface area contributed by atoms with Gasteiger partial charge >= 0.3 is 0 Å². The van der Waals surface area contributed by atoms with Gasteiger partial charge in [-0.15, -0.1) is 0 Å². The average molecular weight is 198 g/mol. The van der Waals surface area contributed by atoms with Crippen LogP contribution in [0.25, 0.3) is 0 Å². The fraction of sp³-hybridized carbons (Fsp3) is 1.00. The number of nitrogens with zero attached hydrogens (tertiary/aromatic N) is 1. The van der Waals surface area contributed by atoms with Crippen molar-refractivity contribution in [1.82, 2.24) is 10.2 Å². The van der Waals surface area contributed by atoms with Crippen molar-refractivity contribution in [2.45, 2.75) is 46.1 Å². The zero-order chi connectivity index (χ0) is 10.4. The van der Waals surface area contributed by atoms with Crippen LogP contribution in [0.4, 0.5) is 0 Å². The van der Waals surface area contributed by atoms with Crippen LogP contribution in [0.3, 0.4) is 0 Å². The van der Waals surface area contributed by atoms with Gasteiger partial charge in [-0.2, -0.15) is 0 Å². The van der Waals surface area contributed by atoms with Crippen LogP contribution in [-0.4, -0.2) is 37.1 Å². The Hall–Kier alpha value is -0.0800. The van der Waals surface area contributed by atoms with Gasteiger partial charge in [-0.25, -0.2) is 0 Å². The highest BCUT2D eigenvalue weighted by Crippen LogP contribution is 2.18. The third kappa shape index (κ3) is 3.58. The molecule has 0 aromatic rings. The predicted octanol–water partition coefficient (Wildman–Crippen LogP) is 2.11. The lowest BCUT2D eigenvalue weighted by atomic mass is 10.0. The van der Waals surface area contributed by atoms with E-state index in [0.29, 0.717) is 0 Å². The summed E-state index contributed by atoms with van der Waals surface area (Å²) in [5, 5.41) is 3.63. The second-order valence-electron chi connectivity index (χ2n) is 4.48. The minimum absolute atomic E-state index is 0.806. The Morgan fingerprint density at radius 2 is 1.93 bits per heavy atom. The summed E-state index contributed by atoms with van der Waals surface area (Å²) in [7, 11) is 0. The van der Waals surface area contributed by atoms with Crippen LogP contribution in [0.2, 0.25) is 0 Å². The van der Waals surface area contributed by atoms with Gasteiger partial charge in [-0.1, -0.05) is 27.2 Å². The van der Waals surface area contributed by atoms with Gasteiger partial charge in [0.05, 0.1) is 0 Å². The average Bonchev–Trinajstić information content (AvgIpc) is 2.63. The molecule has 0 amide bonds. The molecule has 0 radical (unpaired) electrons. The topological polar surface area (TPSA) is 15.3 Å². The lowest BCUT2D eigenvalue weighted by molar-refractivity contribution is 0.258. The Bertz CT molecular complexity index is 143. The minimum atomic E-state index is 0.806. The fourth-order valence-corrected chi connectivity index (χ4v) is 2.46. The monoisotopic (exact) mass is 198 g/mol. The second kappa shape index (κ2) is 6.41. The molecular weight excluding hydrogens is 172 g/mol. The molecule has 0 saturated carbocycles. The lowest BCUT2D eigenvalue weighted by Crippen LogP contribution is -2.30. The van der Waals surface area contributed by atoms with Crippen molar-refractivity contribution in [2.24, 2.45) is 5.92 Å². The van der Waals surface area contributed by atoms with Gasteiger partial charge < -0.3 is 10.2 Å². The molecule has 1 aliphatic rings. The Kier molecular flexibility index (Phi) is 5.49. The van der Waals surface area contributed by atoms with Crippen LogP contribution in [-0.2, 0) is 0 Å². The SMILES string of the molecule is CCCC1CC(CN(CC)CC)CN1. The van der Waals surface area contributed by atoms with E-state index >= 15 is 0 Å². The van der Waals surface area contributed by atoms with E-state index in [-0.39, 0.29) is 0 Å². The largest absolute Gasteiger partial charge is 0.314 e. The van der Waals surface area contributed by atoms with E-state index in [2.05, 4.69) is 31.0 Å². The van der Waals surface area contributed by atoms with Crippen molar-refractivity contribution in [3.63, 3.8) is 0 Å².